The smallest absolute Gasteiger partial charge is 0.340 e. The molecule has 6 nitrogen and oxygen atoms in total. The molecule has 1 aromatic heterocycles. The van der Waals surface area contributed by atoms with Crippen LogP contribution in [-0.2, 0) is 23.5 Å². The Balaban J connectivity index is 1.54. The number of para-hydroxylation sites is 1. The minimum absolute atomic E-state index is 0.323. The molecule has 0 bridgehead atoms. The lowest BCUT2D eigenvalue weighted by Crippen LogP contribution is -2.31. The molecule has 0 aliphatic carbocycles. The van der Waals surface area contributed by atoms with Crippen LogP contribution in [0.2, 0.25) is 0 Å². The number of anilines is 1. The van der Waals surface area contributed by atoms with Gasteiger partial charge in [-0.2, -0.15) is 0 Å². The van der Waals surface area contributed by atoms with Crippen LogP contribution in [-0.4, -0.2) is 30.7 Å². The number of methoxy groups -OCH3 is 1. The van der Waals surface area contributed by atoms with Crippen molar-refractivity contribution in [3.05, 3.63) is 125 Å². The van der Waals surface area contributed by atoms with Crippen LogP contribution >= 0.6 is 0 Å². The molecule has 0 fully saturated rings. The van der Waals surface area contributed by atoms with Crippen LogP contribution in [0.5, 0.6) is 11.5 Å². The number of carbonyl (C=O) groups is 1. The predicted molar refractivity (Wildman–Crippen MR) is 199 cm³/mol. The summed E-state index contributed by atoms with van der Waals surface area (Å²) in [6, 6.07) is 30.7. The van der Waals surface area contributed by atoms with Crippen molar-refractivity contribution in [2.75, 3.05) is 25.1 Å². The Labute approximate surface area is 291 Å². The maximum atomic E-state index is 13.9. The SMILES string of the molecule is CCCCCCCCn1c(C)c(C2(c3ccc(N(CC)CC)cc3OCc3ccc(OC)cc3)OC(=O)c3ccccc32)c2ccccc21. The van der Waals surface area contributed by atoms with Crippen molar-refractivity contribution in [3.63, 3.8) is 0 Å². The zero-order chi connectivity index (χ0) is 34.4. The largest absolute Gasteiger partial charge is 0.497 e. The molecule has 6 rings (SSSR count). The summed E-state index contributed by atoms with van der Waals surface area (Å²) in [6.45, 7) is 11.7. The summed E-state index contributed by atoms with van der Waals surface area (Å²) in [5.74, 6) is 1.17. The number of rotatable bonds is 16. The Morgan fingerprint density at radius 3 is 2.27 bits per heavy atom. The molecule has 1 aliphatic rings. The van der Waals surface area contributed by atoms with Gasteiger partial charge in [-0.25, -0.2) is 4.79 Å². The third-order valence-corrected chi connectivity index (χ3v) is 10.1. The van der Waals surface area contributed by atoms with E-state index >= 15 is 0 Å². The van der Waals surface area contributed by atoms with E-state index in [9.17, 15) is 4.79 Å². The van der Waals surface area contributed by atoms with Gasteiger partial charge in [0.2, 0.25) is 0 Å². The highest BCUT2D eigenvalue weighted by Crippen LogP contribution is 2.53. The van der Waals surface area contributed by atoms with Crippen molar-refractivity contribution in [1.29, 1.82) is 0 Å². The first-order chi connectivity index (χ1) is 24.0. The number of nitrogens with zero attached hydrogens (tertiary/aromatic N) is 2. The van der Waals surface area contributed by atoms with Gasteiger partial charge in [0.25, 0.3) is 0 Å². The summed E-state index contributed by atoms with van der Waals surface area (Å²) in [5, 5.41) is 1.09. The number of unbranched alkanes of at least 4 members (excludes halogenated alkanes) is 5. The summed E-state index contributed by atoms with van der Waals surface area (Å²) in [6.07, 6.45) is 7.36. The van der Waals surface area contributed by atoms with Crippen LogP contribution in [0.15, 0.2) is 91.0 Å². The third kappa shape index (κ3) is 6.53. The fraction of sp³-hybridized carbons (Fsp3) is 0.372. The van der Waals surface area contributed by atoms with Gasteiger partial charge < -0.3 is 23.7 Å². The van der Waals surface area contributed by atoms with Crippen molar-refractivity contribution in [1.82, 2.24) is 4.57 Å². The van der Waals surface area contributed by atoms with Crippen LogP contribution in [0.3, 0.4) is 0 Å². The Bertz CT molecular complexity index is 1890. The van der Waals surface area contributed by atoms with E-state index in [-0.39, 0.29) is 5.97 Å². The normalized spacial score (nSPS) is 15.3. The number of aryl methyl sites for hydroxylation is 1. The molecule has 5 aromatic rings. The van der Waals surface area contributed by atoms with Crippen molar-refractivity contribution in [2.45, 2.75) is 85.0 Å². The maximum absolute atomic E-state index is 13.9. The molecule has 0 saturated heterocycles. The van der Waals surface area contributed by atoms with Crippen LogP contribution in [0.1, 0.15) is 97.6 Å². The van der Waals surface area contributed by atoms with E-state index < -0.39 is 5.60 Å². The van der Waals surface area contributed by atoms with Gasteiger partial charge in [-0.05, 0) is 69.2 Å². The van der Waals surface area contributed by atoms with Crippen LogP contribution in [0, 0.1) is 6.92 Å². The molecule has 0 spiro atoms. The third-order valence-electron chi connectivity index (χ3n) is 10.1. The summed E-state index contributed by atoms with van der Waals surface area (Å²) in [4.78, 5) is 16.2. The molecule has 4 aromatic carbocycles. The van der Waals surface area contributed by atoms with Crippen molar-refractivity contribution >= 4 is 22.6 Å². The molecule has 0 N–H and O–H groups in total. The number of benzene rings is 4. The van der Waals surface area contributed by atoms with E-state index in [1.54, 1.807) is 7.11 Å². The predicted octanol–water partition coefficient (Wildman–Crippen LogP) is 10.2. The van der Waals surface area contributed by atoms with E-state index in [0.717, 1.165) is 76.3 Å². The lowest BCUT2D eigenvalue weighted by Gasteiger charge is -2.33. The van der Waals surface area contributed by atoms with Crippen LogP contribution in [0.25, 0.3) is 10.9 Å². The number of hydrogen-bond acceptors (Lipinski definition) is 5. The molecule has 0 radical (unpaired) electrons. The van der Waals surface area contributed by atoms with Crippen molar-refractivity contribution < 1.29 is 19.0 Å². The molecule has 49 heavy (non-hydrogen) atoms. The summed E-state index contributed by atoms with van der Waals surface area (Å²) in [7, 11) is 1.67. The van der Waals surface area contributed by atoms with E-state index in [2.05, 4.69) is 79.6 Å². The Morgan fingerprint density at radius 1 is 0.796 bits per heavy atom. The monoisotopic (exact) mass is 658 g/mol. The Kier molecular flexibility index (Phi) is 10.6. The summed E-state index contributed by atoms with van der Waals surface area (Å²) < 4.78 is 21.4. The van der Waals surface area contributed by atoms with Crippen molar-refractivity contribution in [3.8, 4) is 11.5 Å². The van der Waals surface area contributed by atoms with Gasteiger partial charge in [-0.15, -0.1) is 0 Å². The Hall–Kier alpha value is -4.71. The number of esters is 1. The molecule has 0 saturated carbocycles. The number of cyclic esters (lactones) is 1. The number of hydrogen-bond donors (Lipinski definition) is 0. The molecule has 0 amide bonds. The maximum Gasteiger partial charge on any atom is 0.340 e. The average Bonchev–Trinajstić information content (AvgIpc) is 3.59. The van der Waals surface area contributed by atoms with Crippen molar-refractivity contribution in [2.24, 2.45) is 0 Å². The second-order valence-electron chi connectivity index (χ2n) is 13.0. The molecule has 1 atom stereocenters. The average molecular weight is 659 g/mol. The molecular weight excluding hydrogens is 608 g/mol. The quantitative estimate of drug-likeness (QED) is 0.0780. The lowest BCUT2D eigenvalue weighted by atomic mass is 9.78. The fourth-order valence-corrected chi connectivity index (χ4v) is 7.54. The standard InChI is InChI=1S/C43H50N2O4/c1-6-9-10-11-12-17-28-45-31(4)41(36-19-14-16-21-39(36)45)43(37-20-15-13-18-35(37)42(46)49-43)38-27-24-33(44(7-2)8-3)29-40(38)48-30-32-22-25-34(47-5)26-23-32/h13-16,18-27,29H,6-12,17,28,30H2,1-5H3. The second-order valence-corrected chi connectivity index (χ2v) is 13.0. The molecular formula is C43H50N2O4. The van der Waals surface area contributed by atoms with Gasteiger partial charge in [0.1, 0.15) is 18.1 Å². The zero-order valence-corrected chi connectivity index (χ0v) is 29.8. The summed E-state index contributed by atoms with van der Waals surface area (Å²) >= 11 is 0. The van der Waals surface area contributed by atoms with Gasteiger partial charge >= 0.3 is 5.97 Å². The van der Waals surface area contributed by atoms with E-state index in [1.165, 1.54) is 32.1 Å². The molecule has 1 unspecified atom stereocenters. The second kappa shape index (κ2) is 15.2. The first-order valence-corrected chi connectivity index (χ1v) is 18.0. The number of aromatic nitrogens is 1. The van der Waals surface area contributed by atoms with Crippen LogP contribution < -0.4 is 14.4 Å². The number of ether oxygens (including phenoxy) is 3. The fourth-order valence-electron chi connectivity index (χ4n) is 7.54. The topological polar surface area (TPSA) is 52.9 Å². The van der Waals surface area contributed by atoms with Gasteiger partial charge in [0.05, 0.1) is 12.7 Å². The highest BCUT2D eigenvalue weighted by Gasteiger charge is 2.52. The van der Waals surface area contributed by atoms with E-state index in [1.807, 2.05) is 48.5 Å². The zero-order valence-electron chi connectivity index (χ0n) is 29.8. The molecule has 1 aliphatic heterocycles. The lowest BCUT2D eigenvalue weighted by molar-refractivity contribution is 0.0245. The van der Waals surface area contributed by atoms with E-state index in [0.29, 0.717) is 17.9 Å². The van der Waals surface area contributed by atoms with Gasteiger partial charge in [-0.1, -0.05) is 87.6 Å². The van der Waals surface area contributed by atoms with E-state index in [4.69, 9.17) is 14.2 Å². The number of carbonyl (C=O) groups excluding carboxylic acids is 1. The highest BCUT2D eigenvalue weighted by atomic mass is 16.6. The first-order valence-electron chi connectivity index (χ1n) is 18.0. The van der Waals surface area contributed by atoms with Gasteiger partial charge in [0.15, 0.2) is 5.60 Å². The first kappa shape index (κ1) is 34.2. The molecule has 2 heterocycles. The summed E-state index contributed by atoms with van der Waals surface area (Å²) in [5.41, 5.74) is 6.38. The number of fused-ring (bicyclic) bond motifs is 2. The molecule has 256 valence electrons. The minimum Gasteiger partial charge on any atom is -0.497 e. The van der Waals surface area contributed by atoms with Crippen LogP contribution in [0.4, 0.5) is 5.69 Å². The van der Waals surface area contributed by atoms with Gasteiger partial charge in [0, 0.05) is 64.7 Å². The Morgan fingerprint density at radius 2 is 1.51 bits per heavy atom. The molecule has 6 heteroatoms. The van der Waals surface area contributed by atoms with Gasteiger partial charge in [-0.3, -0.25) is 0 Å². The highest BCUT2D eigenvalue weighted by molar-refractivity contribution is 5.99. The minimum atomic E-state index is -1.21.